The summed E-state index contributed by atoms with van der Waals surface area (Å²) >= 11 is 0. The minimum Gasteiger partial charge on any atom is -0.494 e. The third kappa shape index (κ3) is 4.35. The zero-order valence-electron chi connectivity index (χ0n) is 17.0. The minimum atomic E-state index is -0.275. The molecule has 2 heterocycles. The van der Waals surface area contributed by atoms with Crippen LogP contribution in [0.5, 0.6) is 5.75 Å². The topological polar surface area (TPSA) is 47.4 Å². The molecule has 5 heteroatoms. The van der Waals surface area contributed by atoms with Crippen molar-refractivity contribution in [3.63, 3.8) is 0 Å². The number of benzene rings is 2. The van der Waals surface area contributed by atoms with Crippen LogP contribution in [0.2, 0.25) is 0 Å². The summed E-state index contributed by atoms with van der Waals surface area (Å²) in [6.07, 6.45) is 4.40. The van der Waals surface area contributed by atoms with E-state index in [1.807, 2.05) is 30.6 Å². The first-order valence-corrected chi connectivity index (χ1v) is 9.79. The van der Waals surface area contributed by atoms with Crippen molar-refractivity contribution in [1.29, 1.82) is 0 Å². The van der Waals surface area contributed by atoms with Crippen LogP contribution in [0.1, 0.15) is 16.8 Å². The third-order valence-electron chi connectivity index (χ3n) is 4.91. The summed E-state index contributed by atoms with van der Waals surface area (Å²) in [5.41, 5.74) is 5.64. The molecule has 0 spiro atoms. The van der Waals surface area contributed by atoms with Crippen LogP contribution in [0.25, 0.3) is 22.2 Å². The Morgan fingerprint density at radius 3 is 2.70 bits per heavy atom. The van der Waals surface area contributed by atoms with Gasteiger partial charge in [-0.25, -0.2) is 9.37 Å². The second kappa shape index (κ2) is 8.82. The zero-order valence-corrected chi connectivity index (χ0v) is 17.0. The Kier molecular flexibility index (Phi) is 5.80. The molecular weight excluding hydrogens is 377 g/mol. The van der Waals surface area contributed by atoms with Crippen LogP contribution in [-0.4, -0.2) is 29.8 Å². The molecular formula is C25H22FN3O. The number of methoxy groups -OCH3 is 1. The Morgan fingerprint density at radius 2 is 1.90 bits per heavy atom. The normalized spacial score (nSPS) is 11.3. The number of pyridine rings is 2. The zero-order chi connectivity index (χ0) is 20.9. The molecule has 0 aliphatic rings. The summed E-state index contributed by atoms with van der Waals surface area (Å²) in [4.78, 5) is 13.7. The van der Waals surface area contributed by atoms with Gasteiger partial charge in [-0.05, 0) is 72.6 Å². The van der Waals surface area contributed by atoms with E-state index in [9.17, 15) is 4.39 Å². The molecule has 0 radical (unpaired) electrons. The van der Waals surface area contributed by atoms with E-state index in [0.29, 0.717) is 24.4 Å². The lowest BCUT2D eigenvalue weighted by Crippen LogP contribution is -1.99. The molecule has 30 heavy (non-hydrogen) atoms. The van der Waals surface area contributed by atoms with Gasteiger partial charge in [0.15, 0.2) is 0 Å². The van der Waals surface area contributed by atoms with E-state index in [2.05, 4.69) is 35.1 Å². The highest BCUT2D eigenvalue weighted by molar-refractivity contribution is 5.90. The van der Waals surface area contributed by atoms with Gasteiger partial charge in [0, 0.05) is 42.0 Å². The number of hydrogen-bond acceptors (Lipinski definition) is 4. The van der Waals surface area contributed by atoms with Gasteiger partial charge in [-0.3, -0.25) is 9.98 Å². The van der Waals surface area contributed by atoms with Gasteiger partial charge in [0.2, 0.25) is 0 Å². The standard InChI is InChI=1S/C25H22FN3O/c1-17-14-18(15-20-4-3-12-28-24(17)20)16-27-13-11-22-9-10-23(30-2)25(29-22)19-5-7-21(26)8-6-19/h3-10,12,14-16H,11,13H2,1-2H3. The number of ether oxygens (including phenoxy) is 1. The number of aromatic nitrogens is 2. The first-order chi connectivity index (χ1) is 14.6. The Morgan fingerprint density at radius 1 is 1.07 bits per heavy atom. The van der Waals surface area contributed by atoms with Gasteiger partial charge in [-0.1, -0.05) is 6.07 Å². The first-order valence-electron chi connectivity index (χ1n) is 9.79. The SMILES string of the molecule is COc1ccc(CCN=Cc2cc(C)c3ncccc3c2)nc1-c1ccc(F)cc1. The second-order valence-corrected chi connectivity index (χ2v) is 7.06. The van der Waals surface area contributed by atoms with Gasteiger partial charge < -0.3 is 4.74 Å². The number of hydrogen-bond donors (Lipinski definition) is 0. The molecule has 0 bridgehead atoms. The molecule has 0 aliphatic heterocycles. The van der Waals surface area contributed by atoms with Crippen molar-refractivity contribution in [3.8, 4) is 17.0 Å². The third-order valence-corrected chi connectivity index (χ3v) is 4.91. The fourth-order valence-corrected chi connectivity index (χ4v) is 3.43. The van der Waals surface area contributed by atoms with Crippen LogP contribution in [-0.2, 0) is 6.42 Å². The molecule has 0 fully saturated rings. The second-order valence-electron chi connectivity index (χ2n) is 7.06. The number of nitrogens with zero attached hydrogens (tertiary/aromatic N) is 3. The maximum Gasteiger partial charge on any atom is 0.145 e. The van der Waals surface area contributed by atoms with Crippen LogP contribution in [0, 0.1) is 12.7 Å². The highest BCUT2D eigenvalue weighted by atomic mass is 19.1. The van der Waals surface area contributed by atoms with Gasteiger partial charge in [0.25, 0.3) is 0 Å². The van der Waals surface area contributed by atoms with Gasteiger partial charge in [-0.2, -0.15) is 0 Å². The predicted octanol–water partition coefficient (Wildman–Crippen LogP) is 5.41. The quantitative estimate of drug-likeness (QED) is 0.407. The van der Waals surface area contributed by atoms with Crippen molar-refractivity contribution in [1.82, 2.24) is 9.97 Å². The Hall–Kier alpha value is -3.60. The van der Waals surface area contributed by atoms with Gasteiger partial charge in [0.05, 0.1) is 12.6 Å². The lowest BCUT2D eigenvalue weighted by Gasteiger charge is -2.10. The van der Waals surface area contributed by atoms with E-state index in [1.54, 1.807) is 19.2 Å². The number of aryl methyl sites for hydroxylation is 1. The molecule has 4 nitrogen and oxygen atoms in total. The molecule has 0 unspecified atom stereocenters. The lowest BCUT2D eigenvalue weighted by molar-refractivity contribution is 0.414. The first kappa shape index (κ1) is 19.7. The molecule has 4 aromatic rings. The van der Waals surface area contributed by atoms with Crippen LogP contribution in [0.4, 0.5) is 4.39 Å². The number of fused-ring (bicyclic) bond motifs is 1. The van der Waals surface area contributed by atoms with E-state index in [0.717, 1.165) is 33.3 Å². The number of rotatable bonds is 6. The van der Waals surface area contributed by atoms with Crippen LogP contribution >= 0.6 is 0 Å². The van der Waals surface area contributed by atoms with E-state index >= 15 is 0 Å². The van der Waals surface area contributed by atoms with Crippen LogP contribution in [0.15, 0.2) is 71.9 Å². The lowest BCUT2D eigenvalue weighted by atomic mass is 10.1. The largest absolute Gasteiger partial charge is 0.494 e. The fourth-order valence-electron chi connectivity index (χ4n) is 3.43. The van der Waals surface area contributed by atoms with Crippen molar-refractivity contribution < 1.29 is 9.13 Å². The smallest absolute Gasteiger partial charge is 0.145 e. The average molecular weight is 399 g/mol. The van der Waals surface area contributed by atoms with Gasteiger partial charge in [-0.15, -0.1) is 0 Å². The molecule has 0 amide bonds. The minimum absolute atomic E-state index is 0.275. The highest BCUT2D eigenvalue weighted by Gasteiger charge is 2.09. The average Bonchev–Trinajstić information content (AvgIpc) is 2.77. The van der Waals surface area contributed by atoms with Gasteiger partial charge in [0.1, 0.15) is 17.3 Å². The molecule has 4 rings (SSSR count). The Bertz CT molecular complexity index is 1200. The summed E-state index contributed by atoms with van der Waals surface area (Å²) in [7, 11) is 1.61. The highest BCUT2D eigenvalue weighted by Crippen LogP contribution is 2.28. The molecule has 0 N–H and O–H groups in total. The van der Waals surface area contributed by atoms with Gasteiger partial charge >= 0.3 is 0 Å². The maximum atomic E-state index is 13.2. The van der Waals surface area contributed by atoms with E-state index in [4.69, 9.17) is 9.72 Å². The summed E-state index contributed by atoms with van der Waals surface area (Å²) < 4.78 is 18.7. The van der Waals surface area contributed by atoms with E-state index in [1.165, 1.54) is 12.1 Å². The van der Waals surface area contributed by atoms with Crippen LogP contribution in [0.3, 0.4) is 0 Å². The molecule has 2 aromatic heterocycles. The molecule has 150 valence electrons. The van der Waals surface area contributed by atoms with Crippen molar-refractivity contribution >= 4 is 17.1 Å². The monoisotopic (exact) mass is 399 g/mol. The predicted molar refractivity (Wildman–Crippen MR) is 119 cm³/mol. The summed E-state index contributed by atoms with van der Waals surface area (Å²) in [5, 5.41) is 1.11. The molecule has 0 saturated heterocycles. The van der Waals surface area contributed by atoms with E-state index < -0.39 is 0 Å². The Labute approximate surface area is 175 Å². The number of aliphatic imine (C=N–C) groups is 1. The van der Waals surface area contributed by atoms with Crippen molar-refractivity contribution in [2.45, 2.75) is 13.3 Å². The number of halogens is 1. The maximum absolute atomic E-state index is 13.2. The molecule has 0 saturated carbocycles. The molecule has 2 aromatic carbocycles. The Balaban J connectivity index is 1.49. The van der Waals surface area contributed by atoms with Crippen molar-refractivity contribution in [2.24, 2.45) is 4.99 Å². The van der Waals surface area contributed by atoms with Crippen LogP contribution < -0.4 is 4.74 Å². The van der Waals surface area contributed by atoms with Crippen molar-refractivity contribution in [2.75, 3.05) is 13.7 Å². The van der Waals surface area contributed by atoms with Crippen molar-refractivity contribution in [3.05, 3.63) is 89.5 Å². The van der Waals surface area contributed by atoms with E-state index in [-0.39, 0.29) is 5.82 Å². The summed E-state index contributed by atoms with van der Waals surface area (Å²) in [5.74, 6) is 0.386. The molecule has 0 aliphatic carbocycles. The summed E-state index contributed by atoms with van der Waals surface area (Å²) in [6.45, 7) is 2.68. The summed E-state index contributed by atoms with van der Waals surface area (Å²) in [6, 6.07) is 18.3. The molecule has 0 atom stereocenters. The fraction of sp³-hybridized carbons (Fsp3) is 0.160.